The Bertz CT molecular complexity index is 363. The fraction of sp³-hybridized carbons (Fsp3) is 0.364. The molecule has 0 unspecified atom stereocenters. The number of esters is 1. The lowest BCUT2D eigenvalue weighted by Gasteiger charge is -2.05. The van der Waals surface area contributed by atoms with E-state index >= 15 is 0 Å². The zero-order valence-corrected chi connectivity index (χ0v) is 11.7. The Kier molecular flexibility index (Phi) is 3.66. The van der Waals surface area contributed by atoms with Gasteiger partial charge < -0.3 is 4.74 Å². The standard InChI is InChI=1S/C11H10BrIO2/c12-8-3-1-7(2-4-8)10-5-9(6-13)15-11(10)14/h1-4,9-10H,5-6H2/t9-,10+/m0/s1. The summed E-state index contributed by atoms with van der Waals surface area (Å²) in [6.07, 6.45) is 0.899. The molecule has 0 spiro atoms. The van der Waals surface area contributed by atoms with Gasteiger partial charge in [-0.05, 0) is 17.7 Å². The number of rotatable bonds is 2. The molecule has 0 bridgehead atoms. The highest BCUT2D eigenvalue weighted by atomic mass is 127. The third-order valence-electron chi connectivity index (χ3n) is 2.51. The molecule has 0 radical (unpaired) electrons. The van der Waals surface area contributed by atoms with Crippen LogP contribution in [0.1, 0.15) is 17.9 Å². The lowest BCUT2D eigenvalue weighted by atomic mass is 9.96. The molecule has 0 saturated carbocycles. The first-order valence-corrected chi connectivity index (χ1v) is 7.04. The van der Waals surface area contributed by atoms with Crippen LogP contribution >= 0.6 is 38.5 Å². The second kappa shape index (κ2) is 4.82. The van der Waals surface area contributed by atoms with Crippen LogP contribution in [0, 0.1) is 0 Å². The van der Waals surface area contributed by atoms with Crippen molar-refractivity contribution in [3.05, 3.63) is 34.3 Å². The molecule has 2 nitrogen and oxygen atoms in total. The van der Waals surface area contributed by atoms with Gasteiger partial charge in [-0.2, -0.15) is 0 Å². The van der Waals surface area contributed by atoms with Gasteiger partial charge in [0.1, 0.15) is 6.10 Å². The molecule has 1 heterocycles. The molecule has 0 N–H and O–H groups in total. The average Bonchev–Trinajstić information content (AvgIpc) is 2.61. The van der Waals surface area contributed by atoms with Gasteiger partial charge in [-0.15, -0.1) is 0 Å². The third-order valence-corrected chi connectivity index (χ3v) is 4.02. The number of cyclic esters (lactones) is 1. The van der Waals surface area contributed by atoms with Crippen molar-refractivity contribution in [2.75, 3.05) is 4.43 Å². The highest BCUT2D eigenvalue weighted by Gasteiger charge is 2.34. The van der Waals surface area contributed by atoms with Crippen LogP contribution in [-0.4, -0.2) is 16.5 Å². The molecule has 1 aliphatic heterocycles. The molecule has 1 aromatic rings. The molecule has 2 atom stereocenters. The molecule has 80 valence electrons. The summed E-state index contributed by atoms with van der Waals surface area (Å²) in [4.78, 5) is 11.6. The molecule has 0 amide bonds. The van der Waals surface area contributed by atoms with Crippen molar-refractivity contribution >= 4 is 44.5 Å². The minimum Gasteiger partial charge on any atom is -0.461 e. The molecular formula is C11H10BrIO2. The summed E-state index contributed by atoms with van der Waals surface area (Å²) < 4.78 is 7.15. The van der Waals surface area contributed by atoms with Crippen molar-refractivity contribution in [3.63, 3.8) is 0 Å². The van der Waals surface area contributed by atoms with Gasteiger partial charge in [0, 0.05) is 15.3 Å². The third kappa shape index (κ3) is 2.53. The van der Waals surface area contributed by atoms with Crippen molar-refractivity contribution in [2.24, 2.45) is 0 Å². The van der Waals surface area contributed by atoms with Gasteiger partial charge in [-0.1, -0.05) is 50.7 Å². The summed E-state index contributed by atoms with van der Waals surface area (Å²) in [5, 5.41) is 0. The molecule has 0 aromatic heterocycles. The van der Waals surface area contributed by atoms with Gasteiger partial charge >= 0.3 is 5.97 Å². The minimum atomic E-state index is -0.0843. The molecule has 0 aliphatic carbocycles. The second-order valence-corrected chi connectivity index (χ2v) is 5.35. The van der Waals surface area contributed by atoms with Crippen LogP contribution in [0.4, 0.5) is 0 Å². The van der Waals surface area contributed by atoms with E-state index in [0.717, 1.165) is 20.9 Å². The Morgan fingerprint density at radius 1 is 1.40 bits per heavy atom. The largest absolute Gasteiger partial charge is 0.461 e. The number of ether oxygens (including phenoxy) is 1. The van der Waals surface area contributed by atoms with Crippen molar-refractivity contribution in [1.82, 2.24) is 0 Å². The summed E-state index contributed by atoms with van der Waals surface area (Å²) in [5.74, 6) is -0.156. The summed E-state index contributed by atoms with van der Waals surface area (Å²) in [6, 6.07) is 7.87. The maximum absolute atomic E-state index is 11.6. The number of benzene rings is 1. The molecule has 2 rings (SSSR count). The molecular weight excluding hydrogens is 371 g/mol. The van der Waals surface area contributed by atoms with Gasteiger partial charge in [0.2, 0.25) is 0 Å². The number of hydrogen-bond acceptors (Lipinski definition) is 2. The number of hydrogen-bond donors (Lipinski definition) is 0. The summed E-state index contributed by atoms with van der Waals surface area (Å²) in [5.41, 5.74) is 1.05. The van der Waals surface area contributed by atoms with Gasteiger partial charge in [0.25, 0.3) is 0 Å². The number of alkyl halides is 1. The maximum Gasteiger partial charge on any atom is 0.313 e. The van der Waals surface area contributed by atoms with E-state index in [9.17, 15) is 4.79 Å². The Hall–Kier alpha value is -0.100. The van der Waals surface area contributed by atoms with Crippen LogP contribution in [0.2, 0.25) is 0 Å². The van der Waals surface area contributed by atoms with E-state index in [2.05, 4.69) is 38.5 Å². The average molecular weight is 381 g/mol. The Morgan fingerprint density at radius 3 is 2.60 bits per heavy atom. The minimum absolute atomic E-state index is 0.0714. The molecule has 15 heavy (non-hydrogen) atoms. The first-order chi connectivity index (χ1) is 7.20. The fourth-order valence-electron chi connectivity index (χ4n) is 1.72. The second-order valence-electron chi connectivity index (χ2n) is 3.55. The molecule has 1 aromatic carbocycles. The Balaban J connectivity index is 2.18. The van der Waals surface area contributed by atoms with E-state index in [-0.39, 0.29) is 18.0 Å². The Morgan fingerprint density at radius 2 is 2.07 bits per heavy atom. The van der Waals surface area contributed by atoms with Crippen LogP contribution < -0.4 is 0 Å². The monoisotopic (exact) mass is 380 g/mol. The first kappa shape index (κ1) is 11.4. The van der Waals surface area contributed by atoms with E-state index in [0.29, 0.717) is 0 Å². The highest BCUT2D eigenvalue weighted by molar-refractivity contribution is 14.1. The van der Waals surface area contributed by atoms with Crippen molar-refractivity contribution in [1.29, 1.82) is 0 Å². The lowest BCUT2D eigenvalue weighted by Crippen LogP contribution is -2.07. The van der Waals surface area contributed by atoms with Crippen molar-refractivity contribution < 1.29 is 9.53 Å². The lowest BCUT2D eigenvalue weighted by molar-refractivity contribution is -0.141. The normalized spacial score (nSPS) is 25.3. The molecule has 1 aliphatic rings. The predicted octanol–water partition coefficient (Wildman–Crippen LogP) is 3.28. The molecule has 1 saturated heterocycles. The van der Waals surface area contributed by atoms with E-state index in [1.807, 2.05) is 24.3 Å². The van der Waals surface area contributed by atoms with Crippen LogP contribution in [0.25, 0.3) is 0 Å². The van der Waals surface area contributed by atoms with E-state index in [1.54, 1.807) is 0 Å². The number of halogens is 2. The zero-order chi connectivity index (χ0) is 10.8. The topological polar surface area (TPSA) is 26.3 Å². The number of carbonyl (C=O) groups is 1. The van der Waals surface area contributed by atoms with Gasteiger partial charge in [-0.3, -0.25) is 4.79 Å². The maximum atomic E-state index is 11.6. The fourth-order valence-corrected chi connectivity index (χ4v) is 2.52. The summed E-state index contributed by atoms with van der Waals surface area (Å²) >= 11 is 5.63. The van der Waals surface area contributed by atoms with E-state index in [4.69, 9.17) is 4.74 Å². The molecule has 1 fully saturated rings. The number of carbonyl (C=O) groups excluding carboxylic acids is 1. The summed E-state index contributed by atoms with van der Waals surface area (Å²) in [6.45, 7) is 0. The first-order valence-electron chi connectivity index (χ1n) is 4.72. The quantitative estimate of drug-likeness (QED) is 0.447. The van der Waals surface area contributed by atoms with Crippen LogP contribution in [0.3, 0.4) is 0 Å². The van der Waals surface area contributed by atoms with Gasteiger partial charge in [0.05, 0.1) is 5.92 Å². The van der Waals surface area contributed by atoms with Crippen LogP contribution in [0.5, 0.6) is 0 Å². The van der Waals surface area contributed by atoms with Crippen LogP contribution in [-0.2, 0) is 9.53 Å². The van der Waals surface area contributed by atoms with E-state index in [1.165, 1.54) is 0 Å². The van der Waals surface area contributed by atoms with Crippen LogP contribution in [0.15, 0.2) is 28.7 Å². The van der Waals surface area contributed by atoms with Crippen molar-refractivity contribution in [3.8, 4) is 0 Å². The summed E-state index contributed by atoms with van der Waals surface area (Å²) in [7, 11) is 0. The highest BCUT2D eigenvalue weighted by Crippen LogP contribution is 2.32. The Labute approximate surface area is 111 Å². The predicted molar refractivity (Wildman–Crippen MR) is 70.3 cm³/mol. The van der Waals surface area contributed by atoms with Gasteiger partial charge in [0.15, 0.2) is 0 Å². The van der Waals surface area contributed by atoms with E-state index < -0.39 is 0 Å². The van der Waals surface area contributed by atoms with Crippen molar-refractivity contribution in [2.45, 2.75) is 18.4 Å². The smallest absolute Gasteiger partial charge is 0.313 e. The zero-order valence-electron chi connectivity index (χ0n) is 7.95. The SMILES string of the molecule is O=C1O[C@H](CI)C[C@@H]1c1ccc(Br)cc1. The van der Waals surface area contributed by atoms with Gasteiger partial charge in [-0.25, -0.2) is 0 Å². The molecule has 4 heteroatoms.